The van der Waals surface area contributed by atoms with Crippen molar-refractivity contribution < 1.29 is 4.79 Å². The molecule has 1 aliphatic heterocycles. The molecule has 2 rings (SSSR count). The number of anilines is 2. The normalized spacial score (nSPS) is 19.4. The zero-order chi connectivity index (χ0) is 15.4. The van der Waals surface area contributed by atoms with E-state index in [1.165, 1.54) is 19.3 Å². The second-order valence-electron chi connectivity index (χ2n) is 6.28. The smallest absolute Gasteiger partial charge is 0.253 e. The quantitative estimate of drug-likeness (QED) is 0.841. The van der Waals surface area contributed by atoms with E-state index in [9.17, 15) is 4.79 Å². The van der Waals surface area contributed by atoms with Gasteiger partial charge in [0.1, 0.15) is 0 Å². The molecule has 4 heteroatoms. The SMILES string of the molecule is CNC(=O)c1ccc(N)cc1N1CCCC(C(C)C)CC1. The summed E-state index contributed by atoms with van der Waals surface area (Å²) in [4.78, 5) is 14.4. The van der Waals surface area contributed by atoms with E-state index in [1.54, 1.807) is 13.1 Å². The average molecular weight is 289 g/mol. The summed E-state index contributed by atoms with van der Waals surface area (Å²) in [6.45, 7) is 6.60. The van der Waals surface area contributed by atoms with Gasteiger partial charge in [0.25, 0.3) is 5.91 Å². The van der Waals surface area contributed by atoms with Gasteiger partial charge in [-0.25, -0.2) is 0 Å². The molecule has 0 aliphatic carbocycles. The molecule has 1 aromatic rings. The number of nitrogens with one attached hydrogen (secondary N) is 1. The molecule has 1 heterocycles. The van der Waals surface area contributed by atoms with E-state index in [1.807, 2.05) is 12.1 Å². The van der Waals surface area contributed by atoms with Crippen molar-refractivity contribution in [3.05, 3.63) is 23.8 Å². The summed E-state index contributed by atoms with van der Waals surface area (Å²) in [5.74, 6) is 1.46. The molecule has 3 N–H and O–H groups in total. The second kappa shape index (κ2) is 6.83. The third-order valence-electron chi connectivity index (χ3n) is 4.55. The van der Waals surface area contributed by atoms with Gasteiger partial charge < -0.3 is 16.0 Å². The molecule has 0 radical (unpaired) electrons. The number of amides is 1. The molecule has 4 nitrogen and oxygen atoms in total. The van der Waals surface area contributed by atoms with Crippen molar-refractivity contribution in [2.75, 3.05) is 30.8 Å². The van der Waals surface area contributed by atoms with Crippen LogP contribution < -0.4 is 16.0 Å². The topological polar surface area (TPSA) is 58.4 Å². The van der Waals surface area contributed by atoms with Gasteiger partial charge in [0.05, 0.1) is 11.3 Å². The number of carbonyl (C=O) groups is 1. The molecule has 0 spiro atoms. The van der Waals surface area contributed by atoms with Gasteiger partial charge in [-0.3, -0.25) is 4.79 Å². The van der Waals surface area contributed by atoms with Gasteiger partial charge in [-0.1, -0.05) is 13.8 Å². The van der Waals surface area contributed by atoms with Gasteiger partial charge in [-0.15, -0.1) is 0 Å². The van der Waals surface area contributed by atoms with Crippen LogP contribution in [0.5, 0.6) is 0 Å². The van der Waals surface area contributed by atoms with Crippen molar-refractivity contribution in [2.45, 2.75) is 33.1 Å². The molecular formula is C17H27N3O. The van der Waals surface area contributed by atoms with Crippen LogP contribution in [0.15, 0.2) is 18.2 Å². The molecule has 0 saturated carbocycles. The first-order chi connectivity index (χ1) is 10.0. The van der Waals surface area contributed by atoms with Crippen LogP contribution in [0.25, 0.3) is 0 Å². The molecule has 1 aromatic carbocycles. The Morgan fingerprint density at radius 3 is 2.76 bits per heavy atom. The number of benzene rings is 1. The monoisotopic (exact) mass is 289 g/mol. The minimum atomic E-state index is -0.0466. The molecule has 0 aromatic heterocycles. The Labute approximate surface area is 127 Å². The van der Waals surface area contributed by atoms with Crippen molar-refractivity contribution in [1.82, 2.24) is 5.32 Å². The van der Waals surface area contributed by atoms with E-state index < -0.39 is 0 Å². The maximum Gasteiger partial charge on any atom is 0.253 e. The Kier molecular flexibility index (Phi) is 5.10. The summed E-state index contributed by atoms with van der Waals surface area (Å²) in [5, 5.41) is 2.72. The fourth-order valence-electron chi connectivity index (χ4n) is 3.17. The van der Waals surface area contributed by atoms with Crippen LogP contribution in [0.1, 0.15) is 43.5 Å². The van der Waals surface area contributed by atoms with Crippen LogP contribution in [-0.4, -0.2) is 26.0 Å². The van der Waals surface area contributed by atoms with Crippen molar-refractivity contribution in [1.29, 1.82) is 0 Å². The van der Waals surface area contributed by atoms with Gasteiger partial charge in [0.15, 0.2) is 0 Å². The van der Waals surface area contributed by atoms with Crippen LogP contribution >= 0.6 is 0 Å². The number of nitrogens with two attached hydrogens (primary N) is 1. The maximum atomic E-state index is 12.1. The summed E-state index contributed by atoms with van der Waals surface area (Å²) in [6.07, 6.45) is 3.62. The largest absolute Gasteiger partial charge is 0.399 e. The van der Waals surface area contributed by atoms with E-state index in [4.69, 9.17) is 5.73 Å². The third-order valence-corrected chi connectivity index (χ3v) is 4.55. The van der Waals surface area contributed by atoms with E-state index in [0.29, 0.717) is 5.69 Å². The summed E-state index contributed by atoms with van der Waals surface area (Å²) < 4.78 is 0. The molecule has 21 heavy (non-hydrogen) atoms. The van der Waals surface area contributed by atoms with E-state index in [0.717, 1.165) is 36.2 Å². The first kappa shape index (κ1) is 15.7. The first-order valence-corrected chi connectivity index (χ1v) is 7.89. The zero-order valence-corrected chi connectivity index (χ0v) is 13.4. The Morgan fingerprint density at radius 1 is 1.33 bits per heavy atom. The number of carbonyl (C=O) groups excluding carboxylic acids is 1. The van der Waals surface area contributed by atoms with Crippen molar-refractivity contribution in [2.24, 2.45) is 11.8 Å². The summed E-state index contributed by atoms with van der Waals surface area (Å²) in [5.41, 5.74) is 8.33. The van der Waals surface area contributed by atoms with E-state index in [-0.39, 0.29) is 5.91 Å². The molecule has 0 bridgehead atoms. The van der Waals surface area contributed by atoms with Crippen LogP contribution in [0.3, 0.4) is 0 Å². The van der Waals surface area contributed by atoms with Crippen LogP contribution in [0, 0.1) is 11.8 Å². The summed E-state index contributed by atoms with van der Waals surface area (Å²) >= 11 is 0. The molecule has 1 fully saturated rings. The highest BCUT2D eigenvalue weighted by molar-refractivity contribution is 6.00. The molecule has 1 aliphatic rings. The second-order valence-corrected chi connectivity index (χ2v) is 6.28. The van der Waals surface area contributed by atoms with Crippen molar-refractivity contribution in [3.8, 4) is 0 Å². The maximum absolute atomic E-state index is 12.1. The van der Waals surface area contributed by atoms with Gasteiger partial charge >= 0.3 is 0 Å². The Balaban J connectivity index is 2.24. The Hall–Kier alpha value is -1.71. The van der Waals surface area contributed by atoms with Crippen LogP contribution in [-0.2, 0) is 0 Å². The number of hydrogen-bond acceptors (Lipinski definition) is 3. The van der Waals surface area contributed by atoms with Gasteiger partial charge in [-0.05, 0) is 49.3 Å². The van der Waals surface area contributed by atoms with Gasteiger partial charge in [0.2, 0.25) is 0 Å². The lowest BCUT2D eigenvalue weighted by atomic mass is 9.89. The number of nitrogens with zero attached hydrogens (tertiary/aromatic N) is 1. The van der Waals surface area contributed by atoms with Crippen molar-refractivity contribution in [3.63, 3.8) is 0 Å². The van der Waals surface area contributed by atoms with Crippen LogP contribution in [0.4, 0.5) is 11.4 Å². The van der Waals surface area contributed by atoms with Crippen molar-refractivity contribution >= 4 is 17.3 Å². The highest BCUT2D eigenvalue weighted by Gasteiger charge is 2.22. The summed E-state index contributed by atoms with van der Waals surface area (Å²) in [6, 6.07) is 5.55. The first-order valence-electron chi connectivity index (χ1n) is 7.89. The lowest BCUT2D eigenvalue weighted by molar-refractivity contribution is 0.0963. The standard InChI is InChI=1S/C17H27N3O/c1-12(2)13-5-4-9-20(10-8-13)16-11-14(18)6-7-15(16)17(21)19-3/h6-7,11-13H,4-5,8-10,18H2,1-3H3,(H,19,21). The predicted octanol–water partition coefficient (Wildman–Crippen LogP) is 2.89. The fourth-order valence-corrected chi connectivity index (χ4v) is 3.17. The Bertz CT molecular complexity index is 499. The lowest BCUT2D eigenvalue weighted by Gasteiger charge is -2.26. The molecule has 1 saturated heterocycles. The fraction of sp³-hybridized carbons (Fsp3) is 0.588. The minimum Gasteiger partial charge on any atom is -0.399 e. The molecule has 1 amide bonds. The van der Waals surface area contributed by atoms with Gasteiger partial charge in [-0.2, -0.15) is 0 Å². The van der Waals surface area contributed by atoms with E-state index >= 15 is 0 Å². The highest BCUT2D eigenvalue weighted by Crippen LogP contribution is 2.30. The predicted molar refractivity (Wildman–Crippen MR) is 88.6 cm³/mol. The van der Waals surface area contributed by atoms with Crippen LogP contribution in [0.2, 0.25) is 0 Å². The highest BCUT2D eigenvalue weighted by atomic mass is 16.1. The number of nitrogen functional groups attached to an aromatic ring is 1. The molecule has 1 atom stereocenters. The molecule has 116 valence electrons. The lowest BCUT2D eigenvalue weighted by Crippen LogP contribution is -2.28. The summed E-state index contributed by atoms with van der Waals surface area (Å²) in [7, 11) is 1.67. The van der Waals surface area contributed by atoms with E-state index in [2.05, 4.69) is 24.1 Å². The Morgan fingerprint density at radius 2 is 2.10 bits per heavy atom. The number of hydrogen-bond donors (Lipinski definition) is 2. The van der Waals surface area contributed by atoms with Gasteiger partial charge in [0, 0.05) is 25.8 Å². The number of rotatable bonds is 3. The third kappa shape index (κ3) is 3.69. The average Bonchev–Trinajstić information content (AvgIpc) is 2.72. The molecular weight excluding hydrogens is 262 g/mol. The molecule has 1 unspecified atom stereocenters. The zero-order valence-electron chi connectivity index (χ0n) is 13.4. The minimum absolute atomic E-state index is 0.0466.